The first-order valence-electron chi connectivity index (χ1n) is 9.73. The summed E-state index contributed by atoms with van der Waals surface area (Å²) in [5.74, 6) is 0.234. The van der Waals surface area contributed by atoms with Gasteiger partial charge in [-0.05, 0) is 54.8 Å². The highest BCUT2D eigenvalue weighted by Crippen LogP contribution is 2.25. The van der Waals surface area contributed by atoms with E-state index < -0.39 is 5.91 Å². The maximum Gasteiger partial charge on any atom is 0.251 e. The Balaban J connectivity index is 1.77. The van der Waals surface area contributed by atoms with Crippen molar-refractivity contribution in [2.24, 2.45) is 11.7 Å². The van der Waals surface area contributed by atoms with E-state index in [-0.39, 0.29) is 5.91 Å². The Kier molecular flexibility index (Phi) is 6.41. The van der Waals surface area contributed by atoms with Gasteiger partial charge in [0.15, 0.2) is 0 Å². The monoisotopic (exact) mass is 403 g/mol. The van der Waals surface area contributed by atoms with Crippen molar-refractivity contribution in [2.75, 3.05) is 11.9 Å². The SMILES string of the molecule is Cc1c(C(N)=O)cccc1-c1ccnc(Nc2ccc(C(=O)NCC(C)C)cc2)n1. The van der Waals surface area contributed by atoms with Gasteiger partial charge in [-0.15, -0.1) is 0 Å². The van der Waals surface area contributed by atoms with Crippen molar-refractivity contribution >= 4 is 23.5 Å². The molecule has 0 aliphatic rings. The minimum atomic E-state index is -0.473. The van der Waals surface area contributed by atoms with Crippen LogP contribution in [0.3, 0.4) is 0 Å². The molecular formula is C23H25N5O2. The highest BCUT2D eigenvalue weighted by Gasteiger charge is 2.12. The van der Waals surface area contributed by atoms with Gasteiger partial charge in [0.25, 0.3) is 5.91 Å². The van der Waals surface area contributed by atoms with Gasteiger partial charge in [0.2, 0.25) is 11.9 Å². The van der Waals surface area contributed by atoms with Crippen molar-refractivity contribution in [3.05, 3.63) is 71.4 Å². The molecule has 3 aromatic rings. The summed E-state index contributed by atoms with van der Waals surface area (Å²) in [6.07, 6.45) is 1.65. The molecule has 1 aromatic heterocycles. The number of nitrogens with one attached hydrogen (secondary N) is 2. The fraction of sp³-hybridized carbons (Fsp3) is 0.217. The van der Waals surface area contributed by atoms with Crippen molar-refractivity contribution in [3.63, 3.8) is 0 Å². The molecule has 30 heavy (non-hydrogen) atoms. The van der Waals surface area contributed by atoms with Gasteiger partial charge >= 0.3 is 0 Å². The number of hydrogen-bond donors (Lipinski definition) is 3. The van der Waals surface area contributed by atoms with Crippen LogP contribution in [0.15, 0.2) is 54.7 Å². The topological polar surface area (TPSA) is 110 Å². The van der Waals surface area contributed by atoms with E-state index in [0.29, 0.717) is 35.2 Å². The third-order valence-electron chi connectivity index (χ3n) is 4.60. The number of nitrogens with two attached hydrogens (primary N) is 1. The van der Waals surface area contributed by atoms with Crippen LogP contribution in [-0.4, -0.2) is 28.3 Å². The van der Waals surface area contributed by atoms with Gasteiger partial charge in [0, 0.05) is 35.1 Å². The molecule has 154 valence electrons. The predicted molar refractivity (Wildman–Crippen MR) is 118 cm³/mol. The van der Waals surface area contributed by atoms with Crippen LogP contribution in [0.2, 0.25) is 0 Å². The lowest BCUT2D eigenvalue weighted by molar-refractivity contribution is 0.0947. The summed E-state index contributed by atoms with van der Waals surface area (Å²) in [6, 6.07) is 14.3. The van der Waals surface area contributed by atoms with Crippen LogP contribution in [0.25, 0.3) is 11.3 Å². The van der Waals surface area contributed by atoms with E-state index >= 15 is 0 Å². The molecule has 0 unspecified atom stereocenters. The second kappa shape index (κ2) is 9.17. The van der Waals surface area contributed by atoms with Crippen molar-refractivity contribution < 1.29 is 9.59 Å². The van der Waals surface area contributed by atoms with Crippen LogP contribution in [0.5, 0.6) is 0 Å². The summed E-state index contributed by atoms with van der Waals surface area (Å²) in [6.45, 7) is 6.57. The summed E-state index contributed by atoms with van der Waals surface area (Å²) >= 11 is 0. The van der Waals surface area contributed by atoms with Gasteiger partial charge in [0.05, 0.1) is 5.69 Å². The second-order valence-electron chi connectivity index (χ2n) is 7.41. The van der Waals surface area contributed by atoms with Gasteiger partial charge in [-0.3, -0.25) is 9.59 Å². The fourth-order valence-corrected chi connectivity index (χ4v) is 2.98. The molecule has 2 aromatic carbocycles. The molecule has 0 spiro atoms. The minimum Gasteiger partial charge on any atom is -0.366 e. The molecule has 0 aliphatic carbocycles. The zero-order valence-electron chi connectivity index (χ0n) is 17.3. The fourth-order valence-electron chi connectivity index (χ4n) is 2.98. The van der Waals surface area contributed by atoms with Crippen LogP contribution in [0.4, 0.5) is 11.6 Å². The Morgan fingerprint density at radius 2 is 1.80 bits per heavy atom. The van der Waals surface area contributed by atoms with Crippen LogP contribution < -0.4 is 16.4 Å². The number of hydrogen-bond acceptors (Lipinski definition) is 5. The Hall–Kier alpha value is -3.74. The summed E-state index contributed by atoms with van der Waals surface area (Å²) in [4.78, 5) is 32.6. The normalized spacial score (nSPS) is 10.7. The average molecular weight is 403 g/mol. The molecule has 0 saturated heterocycles. The molecule has 0 saturated carbocycles. The number of carbonyl (C=O) groups excluding carboxylic acids is 2. The van der Waals surface area contributed by atoms with E-state index in [1.165, 1.54) is 0 Å². The van der Waals surface area contributed by atoms with Crippen LogP contribution in [-0.2, 0) is 0 Å². The number of rotatable bonds is 7. The average Bonchev–Trinajstić information content (AvgIpc) is 2.72. The number of amides is 2. The van der Waals surface area contributed by atoms with E-state index in [2.05, 4.69) is 20.6 Å². The zero-order valence-corrected chi connectivity index (χ0v) is 17.3. The molecule has 4 N–H and O–H groups in total. The lowest BCUT2D eigenvalue weighted by Crippen LogP contribution is -2.27. The third-order valence-corrected chi connectivity index (χ3v) is 4.60. The standard InChI is InChI=1S/C23H25N5O2/c1-14(2)13-26-22(30)16-7-9-17(10-8-16)27-23-25-12-11-20(28-23)18-5-4-6-19(15(18)3)21(24)29/h4-12,14H,13H2,1-3H3,(H2,24,29)(H,26,30)(H,25,27,28). The summed E-state index contributed by atoms with van der Waals surface area (Å²) in [7, 11) is 0. The Labute approximate surface area is 175 Å². The summed E-state index contributed by atoms with van der Waals surface area (Å²) < 4.78 is 0. The third kappa shape index (κ3) is 5.00. The van der Waals surface area contributed by atoms with Gasteiger partial charge < -0.3 is 16.4 Å². The van der Waals surface area contributed by atoms with E-state index in [9.17, 15) is 9.59 Å². The van der Waals surface area contributed by atoms with Crippen molar-refractivity contribution in [1.82, 2.24) is 15.3 Å². The van der Waals surface area contributed by atoms with E-state index in [1.807, 2.05) is 26.8 Å². The molecule has 1 heterocycles. The first-order valence-corrected chi connectivity index (χ1v) is 9.73. The first kappa shape index (κ1) is 21.0. The van der Waals surface area contributed by atoms with E-state index in [4.69, 9.17) is 5.73 Å². The number of anilines is 2. The van der Waals surface area contributed by atoms with Crippen LogP contribution >= 0.6 is 0 Å². The lowest BCUT2D eigenvalue weighted by Gasteiger charge is -2.11. The second-order valence-corrected chi connectivity index (χ2v) is 7.41. The molecular weight excluding hydrogens is 378 g/mol. The lowest BCUT2D eigenvalue weighted by atomic mass is 9.99. The molecule has 0 fully saturated rings. The van der Waals surface area contributed by atoms with E-state index in [0.717, 1.165) is 16.8 Å². The molecule has 3 rings (SSSR count). The molecule has 0 atom stereocenters. The van der Waals surface area contributed by atoms with Gasteiger partial charge in [-0.25, -0.2) is 9.97 Å². The maximum atomic E-state index is 12.1. The smallest absolute Gasteiger partial charge is 0.251 e. The van der Waals surface area contributed by atoms with Crippen molar-refractivity contribution in [2.45, 2.75) is 20.8 Å². The quantitative estimate of drug-likeness (QED) is 0.557. The molecule has 0 aliphatic heterocycles. The Morgan fingerprint density at radius 1 is 1.07 bits per heavy atom. The molecule has 0 bridgehead atoms. The summed E-state index contributed by atoms with van der Waals surface area (Å²) in [5.41, 5.74) is 9.53. The highest BCUT2D eigenvalue weighted by molar-refractivity contribution is 5.96. The highest BCUT2D eigenvalue weighted by atomic mass is 16.2. The molecule has 2 amide bonds. The molecule has 7 nitrogen and oxygen atoms in total. The largest absolute Gasteiger partial charge is 0.366 e. The number of carbonyl (C=O) groups is 2. The zero-order chi connectivity index (χ0) is 21.7. The number of benzene rings is 2. The number of aromatic nitrogens is 2. The molecule has 0 radical (unpaired) electrons. The predicted octanol–water partition coefficient (Wildman–Crippen LogP) is 3.68. The van der Waals surface area contributed by atoms with Gasteiger partial charge in [0.1, 0.15) is 0 Å². The van der Waals surface area contributed by atoms with Crippen molar-refractivity contribution in [1.29, 1.82) is 0 Å². The van der Waals surface area contributed by atoms with E-state index in [1.54, 1.807) is 48.7 Å². The van der Waals surface area contributed by atoms with Gasteiger partial charge in [-0.2, -0.15) is 0 Å². The van der Waals surface area contributed by atoms with Crippen LogP contribution in [0, 0.1) is 12.8 Å². The maximum absolute atomic E-state index is 12.1. The Morgan fingerprint density at radius 3 is 2.47 bits per heavy atom. The Bertz CT molecular complexity index is 1060. The minimum absolute atomic E-state index is 0.0988. The van der Waals surface area contributed by atoms with Crippen molar-refractivity contribution in [3.8, 4) is 11.3 Å². The summed E-state index contributed by atoms with van der Waals surface area (Å²) in [5, 5.41) is 6.04. The first-order chi connectivity index (χ1) is 14.3. The number of primary amides is 1. The molecule has 7 heteroatoms. The number of nitrogens with zero attached hydrogens (tertiary/aromatic N) is 2. The van der Waals surface area contributed by atoms with Gasteiger partial charge in [-0.1, -0.05) is 26.0 Å². The van der Waals surface area contributed by atoms with Crippen LogP contribution in [0.1, 0.15) is 40.1 Å².